The van der Waals surface area contributed by atoms with Gasteiger partial charge in [-0.2, -0.15) is 0 Å². The molecule has 0 amide bonds. The first-order valence-electron chi connectivity index (χ1n) is 5.47. The molecule has 0 saturated carbocycles. The molecule has 0 bridgehead atoms. The van der Waals surface area contributed by atoms with E-state index in [2.05, 4.69) is 22.9 Å². The maximum atomic E-state index is 9.19. The van der Waals surface area contributed by atoms with Gasteiger partial charge in [0.15, 0.2) is 0 Å². The highest BCUT2D eigenvalue weighted by Crippen LogP contribution is 2.25. The van der Waals surface area contributed by atoms with Crippen LogP contribution in [-0.2, 0) is 6.61 Å². The fourth-order valence-corrected chi connectivity index (χ4v) is 1.78. The van der Waals surface area contributed by atoms with Crippen molar-refractivity contribution >= 4 is 16.6 Å². The maximum Gasteiger partial charge on any atom is 0.0854 e. The predicted octanol–water partition coefficient (Wildman–Crippen LogP) is 2.18. The Labute approximate surface area is 95.3 Å². The number of anilines is 1. The van der Waals surface area contributed by atoms with Gasteiger partial charge in [0.2, 0.25) is 0 Å². The van der Waals surface area contributed by atoms with Crippen LogP contribution in [0.5, 0.6) is 0 Å². The van der Waals surface area contributed by atoms with Gasteiger partial charge >= 0.3 is 0 Å². The number of benzene rings is 1. The van der Waals surface area contributed by atoms with Crippen molar-refractivity contribution in [3.8, 4) is 0 Å². The van der Waals surface area contributed by atoms with E-state index >= 15 is 0 Å². The Balaban J connectivity index is 2.68. The third-order valence-corrected chi connectivity index (χ3v) is 2.79. The second-order valence-electron chi connectivity index (χ2n) is 3.82. The van der Waals surface area contributed by atoms with Crippen LogP contribution in [0.2, 0.25) is 0 Å². The summed E-state index contributed by atoms with van der Waals surface area (Å²) >= 11 is 0. The number of para-hydroxylation sites is 1. The highest BCUT2D eigenvalue weighted by molar-refractivity contribution is 5.91. The standard InChI is InChI=1S/C13H16N2O/c1-3-15(2)13-8-10(9-16)14-12-7-5-4-6-11(12)13/h4-8,16H,3,9H2,1-2H3. The lowest BCUT2D eigenvalue weighted by atomic mass is 10.1. The molecule has 1 N–H and O–H groups in total. The lowest BCUT2D eigenvalue weighted by molar-refractivity contribution is 0.277. The summed E-state index contributed by atoms with van der Waals surface area (Å²) in [6, 6.07) is 9.96. The number of rotatable bonds is 3. The Bertz CT molecular complexity index is 496. The van der Waals surface area contributed by atoms with Crippen LogP contribution in [0.3, 0.4) is 0 Å². The molecule has 1 aromatic heterocycles. The van der Waals surface area contributed by atoms with Gasteiger partial charge in [-0.1, -0.05) is 18.2 Å². The van der Waals surface area contributed by atoms with Crippen molar-refractivity contribution in [2.45, 2.75) is 13.5 Å². The van der Waals surface area contributed by atoms with Gasteiger partial charge in [0.05, 0.1) is 17.8 Å². The summed E-state index contributed by atoms with van der Waals surface area (Å²) in [6.07, 6.45) is 0. The summed E-state index contributed by atoms with van der Waals surface area (Å²) in [5, 5.41) is 10.3. The summed E-state index contributed by atoms with van der Waals surface area (Å²) in [5.41, 5.74) is 2.77. The molecule has 3 nitrogen and oxygen atoms in total. The number of aliphatic hydroxyl groups is 1. The van der Waals surface area contributed by atoms with Gasteiger partial charge in [-0.25, -0.2) is 0 Å². The van der Waals surface area contributed by atoms with Crippen molar-refractivity contribution in [1.29, 1.82) is 0 Å². The van der Waals surface area contributed by atoms with E-state index in [-0.39, 0.29) is 6.61 Å². The van der Waals surface area contributed by atoms with Gasteiger partial charge in [-0.3, -0.25) is 4.98 Å². The van der Waals surface area contributed by atoms with Crippen molar-refractivity contribution in [3.63, 3.8) is 0 Å². The number of nitrogens with zero attached hydrogens (tertiary/aromatic N) is 2. The van der Waals surface area contributed by atoms with E-state index in [9.17, 15) is 5.11 Å². The van der Waals surface area contributed by atoms with Crippen molar-refractivity contribution in [1.82, 2.24) is 4.98 Å². The Morgan fingerprint density at radius 1 is 1.31 bits per heavy atom. The maximum absolute atomic E-state index is 9.19. The molecule has 2 rings (SSSR count). The van der Waals surface area contributed by atoms with E-state index in [1.165, 1.54) is 0 Å². The number of hydrogen-bond acceptors (Lipinski definition) is 3. The first kappa shape index (κ1) is 10.9. The Morgan fingerprint density at radius 3 is 2.75 bits per heavy atom. The molecule has 0 aliphatic rings. The van der Waals surface area contributed by atoms with E-state index in [1.807, 2.05) is 31.3 Å². The first-order valence-corrected chi connectivity index (χ1v) is 5.47. The minimum atomic E-state index is -0.0185. The summed E-state index contributed by atoms with van der Waals surface area (Å²) in [6.45, 7) is 3.02. The highest BCUT2D eigenvalue weighted by atomic mass is 16.3. The second kappa shape index (κ2) is 4.49. The molecule has 0 radical (unpaired) electrons. The number of aliphatic hydroxyl groups excluding tert-OH is 1. The molecule has 0 aliphatic carbocycles. The molecule has 0 unspecified atom stereocenters. The molecular formula is C13H16N2O. The molecule has 16 heavy (non-hydrogen) atoms. The second-order valence-corrected chi connectivity index (χ2v) is 3.82. The molecule has 0 saturated heterocycles. The van der Waals surface area contributed by atoms with Gasteiger partial charge in [0.25, 0.3) is 0 Å². The molecule has 0 atom stereocenters. The minimum absolute atomic E-state index is 0.0185. The monoisotopic (exact) mass is 216 g/mol. The number of hydrogen-bond donors (Lipinski definition) is 1. The topological polar surface area (TPSA) is 36.4 Å². The molecular weight excluding hydrogens is 200 g/mol. The molecule has 3 heteroatoms. The first-order chi connectivity index (χ1) is 7.76. The van der Waals surface area contributed by atoms with E-state index in [0.717, 1.165) is 23.1 Å². The largest absolute Gasteiger partial charge is 0.390 e. The van der Waals surface area contributed by atoms with Crippen molar-refractivity contribution in [3.05, 3.63) is 36.0 Å². The zero-order valence-electron chi connectivity index (χ0n) is 9.64. The van der Waals surface area contributed by atoms with Crippen LogP contribution < -0.4 is 4.90 Å². The summed E-state index contributed by atoms with van der Waals surface area (Å²) in [7, 11) is 2.04. The molecule has 0 aliphatic heterocycles. The molecule has 84 valence electrons. The van der Waals surface area contributed by atoms with Crippen molar-refractivity contribution < 1.29 is 5.11 Å². The smallest absolute Gasteiger partial charge is 0.0854 e. The zero-order chi connectivity index (χ0) is 11.5. The van der Waals surface area contributed by atoms with Gasteiger partial charge in [0.1, 0.15) is 0 Å². The lowest BCUT2D eigenvalue weighted by Gasteiger charge is -2.19. The highest BCUT2D eigenvalue weighted by Gasteiger charge is 2.07. The molecule has 0 spiro atoms. The van der Waals surface area contributed by atoms with Crippen LogP contribution in [0.25, 0.3) is 10.9 Å². The summed E-state index contributed by atoms with van der Waals surface area (Å²) < 4.78 is 0. The average Bonchev–Trinajstić information content (AvgIpc) is 2.36. The van der Waals surface area contributed by atoms with E-state index in [0.29, 0.717) is 5.69 Å². The Kier molecular flexibility index (Phi) is 3.06. The third-order valence-electron chi connectivity index (χ3n) is 2.79. The van der Waals surface area contributed by atoms with Crippen molar-refractivity contribution in [2.75, 3.05) is 18.5 Å². The van der Waals surface area contributed by atoms with Crippen LogP contribution in [0, 0.1) is 0 Å². The van der Waals surface area contributed by atoms with Crippen LogP contribution in [-0.4, -0.2) is 23.7 Å². The SMILES string of the molecule is CCN(C)c1cc(CO)nc2ccccc12. The predicted molar refractivity (Wildman–Crippen MR) is 66.6 cm³/mol. The fourth-order valence-electron chi connectivity index (χ4n) is 1.78. The van der Waals surface area contributed by atoms with Gasteiger partial charge < -0.3 is 10.0 Å². The fraction of sp³-hybridized carbons (Fsp3) is 0.308. The van der Waals surface area contributed by atoms with Gasteiger partial charge in [0, 0.05) is 24.7 Å². The number of fused-ring (bicyclic) bond motifs is 1. The molecule has 0 fully saturated rings. The Morgan fingerprint density at radius 2 is 2.06 bits per heavy atom. The van der Waals surface area contributed by atoms with E-state index in [1.54, 1.807) is 0 Å². The number of pyridine rings is 1. The quantitative estimate of drug-likeness (QED) is 0.854. The average molecular weight is 216 g/mol. The third kappa shape index (κ3) is 1.86. The van der Waals surface area contributed by atoms with Crippen molar-refractivity contribution in [2.24, 2.45) is 0 Å². The van der Waals surface area contributed by atoms with E-state index in [4.69, 9.17) is 0 Å². The van der Waals surface area contributed by atoms with Gasteiger partial charge in [-0.15, -0.1) is 0 Å². The number of aromatic nitrogens is 1. The van der Waals surface area contributed by atoms with Crippen LogP contribution in [0.1, 0.15) is 12.6 Å². The minimum Gasteiger partial charge on any atom is -0.390 e. The van der Waals surface area contributed by atoms with E-state index < -0.39 is 0 Å². The summed E-state index contributed by atoms with van der Waals surface area (Å²) in [4.78, 5) is 6.55. The summed E-state index contributed by atoms with van der Waals surface area (Å²) in [5.74, 6) is 0. The van der Waals surface area contributed by atoms with Crippen LogP contribution in [0.4, 0.5) is 5.69 Å². The van der Waals surface area contributed by atoms with Gasteiger partial charge in [-0.05, 0) is 19.1 Å². The molecule has 1 aromatic carbocycles. The Hall–Kier alpha value is -1.61. The molecule has 1 heterocycles. The zero-order valence-corrected chi connectivity index (χ0v) is 9.64. The normalized spacial score (nSPS) is 10.7. The molecule has 2 aromatic rings. The van der Waals surface area contributed by atoms with Crippen LogP contribution in [0.15, 0.2) is 30.3 Å². The van der Waals surface area contributed by atoms with Crippen LogP contribution >= 0.6 is 0 Å². The lowest BCUT2D eigenvalue weighted by Crippen LogP contribution is -2.16.